The summed E-state index contributed by atoms with van der Waals surface area (Å²) in [7, 11) is 3.96. The second-order valence-electron chi connectivity index (χ2n) is 2.74. The molecule has 0 fully saturated rings. The maximum absolute atomic E-state index is 4.42. The zero-order valence-electron chi connectivity index (χ0n) is 6.98. The highest BCUT2D eigenvalue weighted by atomic mass is 32.1. The predicted octanol–water partition coefficient (Wildman–Crippen LogP) is 1.76. The lowest BCUT2D eigenvalue weighted by atomic mass is 10.4. The summed E-state index contributed by atoms with van der Waals surface area (Å²) in [5, 5.41) is 0. The summed E-state index contributed by atoms with van der Waals surface area (Å²) in [4.78, 5) is 11.6. The Morgan fingerprint density at radius 1 is 1.33 bits per heavy atom. The summed E-state index contributed by atoms with van der Waals surface area (Å²) in [6, 6.07) is 3.97. The van der Waals surface area contributed by atoms with E-state index in [1.165, 1.54) is 0 Å². The van der Waals surface area contributed by atoms with Gasteiger partial charge in [0.1, 0.15) is 16.2 Å². The molecule has 0 saturated heterocycles. The van der Waals surface area contributed by atoms with Gasteiger partial charge in [-0.2, -0.15) is 0 Å². The Morgan fingerprint density at radius 2 is 2.17 bits per heavy atom. The van der Waals surface area contributed by atoms with Gasteiger partial charge in [-0.1, -0.05) is 0 Å². The van der Waals surface area contributed by atoms with Gasteiger partial charge in [0.15, 0.2) is 0 Å². The van der Waals surface area contributed by atoms with Gasteiger partial charge in [0.2, 0.25) is 0 Å². The van der Waals surface area contributed by atoms with E-state index < -0.39 is 0 Å². The van der Waals surface area contributed by atoms with Crippen molar-refractivity contribution in [1.82, 2.24) is 9.97 Å². The molecule has 2 aromatic heterocycles. The third kappa shape index (κ3) is 1.14. The Balaban J connectivity index is 2.60. The first-order valence-electron chi connectivity index (χ1n) is 3.65. The lowest BCUT2D eigenvalue weighted by molar-refractivity contribution is 1.08. The minimum Gasteiger partial charge on any atom is -0.363 e. The largest absolute Gasteiger partial charge is 0.363 e. The number of rotatable bonds is 1. The van der Waals surface area contributed by atoms with E-state index in [4.69, 9.17) is 0 Å². The molecule has 12 heavy (non-hydrogen) atoms. The maximum Gasteiger partial charge on any atom is 0.145 e. The van der Waals surface area contributed by atoms with Crippen LogP contribution >= 0.6 is 11.3 Å². The zero-order chi connectivity index (χ0) is 8.55. The molecule has 0 amide bonds. The Morgan fingerprint density at radius 3 is 2.92 bits per heavy atom. The summed E-state index contributed by atoms with van der Waals surface area (Å²) in [6.45, 7) is 0. The Labute approximate surface area is 74.7 Å². The van der Waals surface area contributed by atoms with Crippen molar-refractivity contribution in [2.45, 2.75) is 0 Å². The average Bonchev–Trinajstić information content (AvgIpc) is 2.49. The number of aromatic nitrogens is 2. The van der Waals surface area contributed by atoms with Crippen LogP contribution in [-0.4, -0.2) is 24.1 Å². The van der Waals surface area contributed by atoms with Gasteiger partial charge >= 0.3 is 0 Å². The molecule has 2 aromatic rings. The molecule has 3 nitrogen and oxygen atoms in total. The van der Waals surface area contributed by atoms with Gasteiger partial charge < -0.3 is 4.90 Å². The van der Waals surface area contributed by atoms with Gasteiger partial charge in [0, 0.05) is 14.1 Å². The van der Waals surface area contributed by atoms with Gasteiger partial charge in [0.05, 0.1) is 5.51 Å². The van der Waals surface area contributed by atoms with E-state index in [9.17, 15) is 0 Å². The molecule has 2 rings (SSSR count). The summed E-state index contributed by atoms with van der Waals surface area (Å²) >= 11 is 1.57. The quantitative estimate of drug-likeness (QED) is 0.668. The van der Waals surface area contributed by atoms with Crippen molar-refractivity contribution in [2.24, 2.45) is 0 Å². The highest BCUT2D eigenvalue weighted by Crippen LogP contribution is 2.18. The molecule has 0 bridgehead atoms. The first-order chi connectivity index (χ1) is 5.77. The topological polar surface area (TPSA) is 29.0 Å². The van der Waals surface area contributed by atoms with Crippen LogP contribution < -0.4 is 4.90 Å². The highest BCUT2D eigenvalue weighted by Gasteiger charge is 2.00. The fourth-order valence-corrected chi connectivity index (χ4v) is 1.64. The van der Waals surface area contributed by atoms with Crippen LogP contribution in [-0.2, 0) is 0 Å². The number of anilines is 1. The summed E-state index contributed by atoms with van der Waals surface area (Å²) in [6.07, 6.45) is 0. The molecule has 0 saturated carbocycles. The molecule has 0 atom stereocenters. The van der Waals surface area contributed by atoms with E-state index in [2.05, 4.69) is 9.97 Å². The molecule has 0 N–H and O–H groups in total. The number of hydrogen-bond donors (Lipinski definition) is 0. The summed E-state index contributed by atoms with van der Waals surface area (Å²) in [5.41, 5.74) is 2.79. The van der Waals surface area contributed by atoms with Crippen molar-refractivity contribution < 1.29 is 0 Å². The van der Waals surface area contributed by atoms with E-state index in [1.54, 1.807) is 11.3 Å². The van der Waals surface area contributed by atoms with Crippen LogP contribution in [0.15, 0.2) is 17.6 Å². The lowest BCUT2D eigenvalue weighted by Gasteiger charge is -2.09. The van der Waals surface area contributed by atoms with Crippen LogP contribution in [0.5, 0.6) is 0 Å². The molecular weight excluding hydrogens is 170 g/mol. The standard InChI is InChI=1S/C8H9N3S/c1-11(2)7-4-3-6-8(10-7)12-5-9-6/h3-5H,1-2H3. The van der Waals surface area contributed by atoms with E-state index in [0.717, 1.165) is 16.2 Å². The Bertz CT molecular complexity index is 394. The van der Waals surface area contributed by atoms with Crippen LogP contribution in [0.4, 0.5) is 5.82 Å². The van der Waals surface area contributed by atoms with E-state index in [1.807, 2.05) is 36.6 Å². The van der Waals surface area contributed by atoms with Crippen molar-refractivity contribution in [1.29, 1.82) is 0 Å². The molecule has 2 heterocycles. The predicted molar refractivity (Wildman–Crippen MR) is 51.7 cm³/mol. The molecule has 4 heteroatoms. The SMILES string of the molecule is CN(C)c1ccc2ncsc2n1. The number of hydrogen-bond acceptors (Lipinski definition) is 4. The molecule has 0 aliphatic heterocycles. The van der Waals surface area contributed by atoms with Crippen LogP contribution in [0.2, 0.25) is 0 Å². The third-order valence-electron chi connectivity index (χ3n) is 1.64. The number of pyridine rings is 1. The fraction of sp³-hybridized carbons (Fsp3) is 0.250. The smallest absolute Gasteiger partial charge is 0.145 e. The van der Waals surface area contributed by atoms with Crippen molar-refractivity contribution in [3.05, 3.63) is 17.6 Å². The van der Waals surface area contributed by atoms with Crippen LogP contribution in [0.25, 0.3) is 10.3 Å². The van der Waals surface area contributed by atoms with E-state index >= 15 is 0 Å². The van der Waals surface area contributed by atoms with Gasteiger partial charge in [-0.15, -0.1) is 11.3 Å². The maximum atomic E-state index is 4.42. The van der Waals surface area contributed by atoms with Crippen molar-refractivity contribution in [3.8, 4) is 0 Å². The summed E-state index contributed by atoms with van der Waals surface area (Å²) in [5.74, 6) is 0.978. The minimum atomic E-state index is 0.977. The minimum absolute atomic E-state index is 0.977. The molecule has 0 aromatic carbocycles. The fourth-order valence-electron chi connectivity index (χ4n) is 0.990. The lowest BCUT2D eigenvalue weighted by Crippen LogP contribution is -2.09. The molecule has 0 aliphatic carbocycles. The van der Waals surface area contributed by atoms with Gasteiger partial charge in [-0.3, -0.25) is 0 Å². The zero-order valence-corrected chi connectivity index (χ0v) is 7.80. The first-order valence-corrected chi connectivity index (χ1v) is 4.53. The van der Waals surface area contributed by atoms with Crippen molar-refractivity contribution >= 4 is 27.5 Å². The summed E-state index contributed by atoms with van der Waals surface area (Å²) < 4.78 is 0. The number of nitrogens with zero attached hydrogens (tertiary/aromatic N) is 3. The molecular formula is C8H9N3S. The molecule has 0 radical (unpaired) electrons. The van der Waals surface area contributed by atoms with Gasteiger partial charge in [-0.25, -0.2) is 9.97 Å². The van der Waals surface area contributed by atoms with Gasteiger partial charge in [0.25, 0.3) is 0 Å². The highest BCUT2D eigenvalue weighted by molar-refractivity contribution is 7.16. The Kier molecular flexibility index (Phi) is 1.69. The Hall–Kier alpha value is -1.16. The van der Waals surface area contributed by atoms with Crippen molar-refractivity contribution in [3.63, 3.8) is 0 Å². The monoisotopic (exact) mass is 179 g/mol. The van der Waals surface area contributed by atoms with E-state index in [-0.39, 0.29) is 0 Å². The second-order valence-corrected chi connectivity index (χ2v) is 3.57. The van der Waals surface area contributed by atoms with Gasteiger partial charge in [-0.05, 0) is 12.1 Å². The van der Waals surface area contributed by atoms with Crippen molar-refractivity contribution in [2.75, 3.05) is 19.0 Å². The second kappa shape index (κ2) is 2.71. The third-order valence-corrected chi connectivity index (χ3v) is 2.37. The number of fused-ring (bicyclic) bond motifs is 1. The molecule has 0 aliphatic rings. The van der Waals surface area contributed by atoms with Crippen LogP contribution in [0.1, 0.15) is 0 Å². The van der Waals surface area contributed by atoms with E-state index in [0.29, 0.717) is 0 Å². The average molecular weight is 179 g/mol. The molecule has 0 unspecified atom stereocenters. The molecule has 62 valence electrons. The normalized spacial score (nSPS) is 10.5. The first kappa shape index (κ1) is 7.49. The number of thiazole rings is 1. The van der Waals surface area contributed by atoms with Crippen LogP contribution in [0.3, 0.4) is 0 Å². The molecule has 0 spiro atoms. The van der Waals surface area contributed by atoms with Crippen LogP contribution in [0, 0.1) is 0 Å².